The molecule has 2 bridgehead atoms. The Morgan fingerprint density at radius 1 is 0.905 bits per heavy atom. The van der Waals surface area contributed by atoms with Gasteiger partial charge in [-0.25, -0.2) is 4.98 Å². The van der Waals surface area contributed by atoms with Crippen molar-refractivity contribution in [3.05, 3.63) is 54.7 Å². The van der Waals surface area contributed by atoms with Gasteiger partial charge in [0.25, 0.3) is 0 Å². The molecule has 3 heteroatoms. The highest BCUT2D eigenvalue weighted by atomic mass is 32.2. The third kappa shape index (κ3) is 2.67. The summed E-state index contributed by atoms with van der Waals surface area (Å²) in [4.78, 5) is 8.44. The molecule has 2 aliphatic rings. The van der Waals surface area contributed by atoms with Crippen LogP contribution in [-0.4, -0.2) is 23.3 Å². The smallest absolute Gasteiger partial charge is 0.128 e. The average molecular weight is 296 g/mol. The van der Waals surface area contributed by atoms with E-state index in [0.717, 1.165) is 36.0 Å². The number of hydrogen-bond donors (Lipinski definition) is 0. The monoisotopic (exact) mass is 296 g/mol. The lowest BCUT2D eigenvalue weighted by Gasteiger charge is -2.38. The molecule has 21 heavy (non-hydrogen) atoms. The highest BCUT2D eigenvalue weighted by Gasteiger charge is 2.42. The predicted octanol–water partition coefficient (Wildman–Crippen LogP) is 4.09. The van der Waals surface area contributed by atoms with Crippen LogP contribution in [0.1, 0.15) is 12.8 Å². The van der Waals surface area contributed by atoms with E-state index >= 15 is 0 Å². The zero-order chi connectivity index (χ0) is 14.1. The van der Waals surface area contributed by atoms with E-state index < -0.39 is 0 Å². The Bertz CT molecular complexity index is 573. The Balaban J connectivity index is 1.49. The number of piperidine rings is 1. The number of anilines is 1. The van der Waals surface area contributed by atoms with E-state index in [1.807, 2.05) is 12.3 Å². The minimum atomic E-state index is 0.785. The number of fused-ring (bicyclic) bond motifs is 2. The maximum absolute atomic E-state index is 4.53. The van der Waals surface area contributed by atoms with Gasteiger partial charge in [0.1, 0.15) is 5.82 Å². The van der Waals surface area contributed by atoms with Crippen molar-refractivity contribution in [3.8, 4) is 0 Å². The fraction of sp³-hybridized carbons (Fsp3) is 0.389. The Kier molecular flexibility index (Phi) is 3.60. The van der Waals surface area contributed by atoms with E-state index in [4.69, 9.17) is 0 Å². The second kappa shape index (κ2) is 5.72. The van der Waals surface area contributed by atoms with Crippen LogP contribution in [0.25, 0.3) is 0 Å². The van der Waals surface area contributed by atoms with Crippen LogP contribution in [0.2, 0.25) is 0 Å². The SMILES string of the molecule is c1ccc(SC2[C@@H]3CC[C@H]2CN(c2ccccn2)C3)cc1. The van der Waals surface area contributed by atoms with Crippen molar-refractivity contribution in [3.63, 3.8) is 0 Å². The fourth-order valence-corrected chi connectivity index (χ4v) is 5.21. The second-order valence-corrected chi connectivity index (χ2v) is 7.34. The van der Waals surface area contributed by atoms with E-state index in [1.165, 1.54) is 17.7 Å². The molecule has 1 saturated heterocycles. The second-order valence-electron chi connectivity index (χ2n) is 6.09. The number of rotatable bonds is 3. The highest BCUT2D eigenvalue weighted by molar-refractivity contribution is 8.00. The summed E-state index contributed by atoms with van der Waals surface area (Å²) < 4.78 is 0. The van der Waals surface area contributed by atoms with Gasteiger partial charge in [-0.2, -0.15) is 0 Å². The van der Waals surface area contributed by atoms with Crippen LogP contribution in [0.5, 0.6) is 0 Å². The molecule has 1 aliphatic heterocycles. The Morgan fingerprint density at radius 3 is 2.29 bits per heavy atom. The molecule has 1 aromatic heterocycles. The van der Waals surface area contributed by atoms with Crippen molar-refractivity contribution >= 4 is 17.6 Å². The Hall–Kier alpha value is -1.48. The molecule has 1 saturated carbocycles. The third-order valence-corrected chi connectivity index (χ3v) is 6.32. The summed E-state index contributed by atoms with van der Waals surface area (Å²) in [5.41, 5.74) is 0. The molecule has 2 fully saturated rings. The van der Waals surface area contributed by atoms with Crippen LogP contribution in [0.4, 0.5) is 5.82 Å². The number of aromatic nitrogens is 1. The molecule has 108 valence electrons. The van der Waals surface area contributed by atoms with Crippen molar-refractivity contribution in [2.75, 3.05) is 18.0 Å². The van der Waals surface area contributed by atoms with Crippen LogP contribution in [0.15, 0.2) is 59.6 Å². The van der Waals surface area contributed by atoms with Crippen LogP contribution >= 0.6 is 11.8 Å². The summed E-state index contributed by atoms with van der Waals surface area (Å²) in [6.07, 6.45) is 4.65. The molecule has 0 N–H and O–H groups in total. The quantitative estimate of drug-likeness (QED) is 0.848. The number of thioether (sulfide) groups is 1. The van der Waals surface area contributed by atoms with Crippen LogP contribution in [0, 0.1) is 11.8 Å². The molecule has 0 amide bonds. The van der Waals surface area contributed by atoms with Crippen molar-refractivity contribution < 1.29 is 0 Å². The first-order chi connectivity index (χ1) is 10.4. The fourth-order valence-electron chi connectivity index (χ4n) is 3.75. The van der Waals surface area contributed by atoms with E-state index in [9.17, 15) is 0 Å². The van der Waals surface area contributed by atoms with Gasteiger partial charge in [-0.05, 0) is 48.9 Å². The first-order valence-electron chi connectivity index (χ1n) is 7.78. The van der Waals surface area contributed by atoms with Crippen LogP contribution in [0.3, 0.4) is 0 Å². The maximum atomic E-state index is 4.53. The van der Waals surface area contributed by atoms with Crippen molar-refractivity contribution in [1.29, 1.82) is 0 Å². The average Bonchev–Trinajstić information content (AvgIpc) is 2.78. The topological polar surface area (TPSA) is 16.1 Å². The Labute approximate surface area is 130 Å². The number of hydrogen-bond acceptors (Lipinski definition) is 3. The molecule has 3 atom stereocenters. The molecule has 1 unspecified atom stereocenters. The van der Waals surface area contributed by atoms with Crippen molar-refractivity contribution in [1.82, 2.24) is 4.98 Å². The lowest BCUT2D eigenvalue weighted by atomic mass is 9.98. The molecular formula is C18H20N2S. The molecule has 0 spiro atoms. The number of nitrogens with zero attached hydrogens (tertiary/aromatic N) is 2. The van der Waals surface area contributed by atoms with E-state index in [-0.39, 0.29) is 0 Å². The van der Waals surface area contributed by atoms with E-state index in [2.05, 4.69) is 64.1 Å². The van der Waals surface area contributed by atoms with Gasteiger partial charge in [-0.3, -0.25) is 0 Å². The van der Waals surface area contributed by atoms with Crippen LogP contribution < -0.4 is 4.90 Å². The van der Waals surface area contributed by atoms with Gasteiger partial charge in [-0.15, -0.1) is 11.8 Å². The molecular weight excluding hydrogens is 276 g/mol. The first kappa shape index (κ1) is 13.2. The lowest BCUT2D eigenvalue weighted by molar-refractivity contribution is 0.433. The van der Waals surface area contributed by atoms with E-state index in [1.54, 1.807) is 0 Å². The Morgan fingerprint density at radius 2 is 1.62 bits per heavy atom. The highest BCUT2D eigenvalue weighted by Crippen LogP contribution is 2.46. The zero-order valence-electron chi connectivity index (χ0n) is 12.1. The normalized spacial score (nSPS) is 27.8. The molecule has 2 nitrogen and oxygen atoms in total. The lowest BCUT2D eigenvalue weighted by Crippen LogP contribution is -2.43. The zero-order valence-corrected chi connectivity index (χ0v) is 12.9. The summed E-state index contributed by atoms with van der Waals surface area (Å²) in [5, 5.41) is 0.785. The van der Waals surface area contributed by atoms with Gasteiger partial charge in [0.05, 0.1) is 0 Å². The maximum Gasteiger partial charge on any atom is 0.128 e. The van der Waals surface area contributed by atoms with Crippen molar-refractivity contribution in [2.45, 2.75) is 23.0 Å². The first-order valence-corrected chi connectivity index (χ1v) is 8.66. The predicted molar refractivity (Wildman–Crippen MR) is 88.8 cm³/mol. The molecule has 4 rings (SSSR count). The van der Waals surface area contributed by atoms with Gasteiger partial charge in [0, 0.05) is 29.4 Å². The van der Waals surface area contributed by atoms with Gasteiger partial charge in [0.15, 0.2) is 0 Å². The number of benzene rings is 1. The molecule has 2 heterocycles. The van der Waals surface area contributed by atoms with Gasteiger partial charge >= 0.3 is 0 Å². The van der Waals surface area contributed by atoms with Gasteiger partial charge < -0.3 is 4.90 Å². The number of pyridine rings is 1. The molecule has 0 radical (unpaired) electrons. The van der Waals surface area contributed by atoms with Crippen molar-refractivity contribution in [2.24, 2.45) is 11.8 Å². The molecule has 1 aromatic carbocycles. The molecule has 1 aliphatic carbocycles. The van der Waals surface area contributed by atoms with Crippen LogP contribution in [-0.2, 0) is 0 Å². The summed E-state index contributed by atoms with van der Waals surface area (Å²) in [5.74, 6) is 2.75. The summed E-state index contributed by atoms with van der Waals surface area (Å²) in [7, 11) is 0. The minimum absolute atomic E-state index is 0.785. The summed E-state index contributed by atoms with van der Waals surface area (Å²) in [6.45, 7) is 2.33. The largest absolute Gasteiger partial charge is 0.356 e. The van der Waals surface area contributed by atoms with Gasteiger partial charge in [0.2, 0.25) is 0 Å². The summed E-state index contributed by atoms with van der Waals surface area (Å²) in [6, 6.07) is 17.1. The standard InChI is InChI=1S/C18H20N2S/c1-2-6-16(7-3-1)21-18-14-9-10-15(18)13-20(12-14)17-8-4-5-11-19-17/h1-8,11,14-15,18H,9-10,12-13H2/t14-,15+,18?. The molecule has 2 aromatic rings. The minimum Gasteiger partial charge on any atom is -0.356 e. The van der Waals surface area contributed by atoms with E-state index in [0.29, 0.717) is 0 Å². The van der Waals surface area contributed by atoms with Gasteiger partial charge in [-0.1, -0.05) is 24.3 Å². The summed E-state index contributed by atoms with van der Waals surface area (Å²) >= 11 is 2.09. The third-order valence-electron chi connectivity index (χ3n) is 4.74.